The molecule has 17 heteroatoms. The molecule has 4 N–H and O–H groups in total. The van der Waals surface area contributed by atoms with E-state index in [2.05, 4.69) is 21.8 Å². The molecule has 1 aromatic carbocycles. The Morgan fingerprint density at radius 1 is 0.901 bits per heavy atom. The van der Waals surface area contributed by atoms with Crippen LogP contribution in [0.2, 0.25) is 0 Å². The number of amides is 3. The molecule has 2 bridgehead atoms. The second-order valence-corrected chi connectivity index (χ2v) is 23.2. The van der Waals surface area contributed by atoms with Crippen LogP contribution in [0.4, 0.5) is 10.5 Å². The van der Waals surface area contributed by atoms with Crippen molar-refractivity contribution in [2.45, 2.75) is 199 Å². The normalized spacial score (nSPS) is 35.0. The molecule has 1 aliphatic carbocycles. The number of allylic oxidation sites excluding steroid dienone is 6. The number of Topliss-reactive ketones (excluding diaryl/α,β-unsaturated/α-hetero) is 2. The molecule has 1 saturated carbocycles. The second kappa shape index (κ2) is 33.1. The summed E-state index contributed by atoms with van der Waals surface area (Å²) in [4.78, 5) is 72.9. The molecule has 3 aliphatic heterocycles. The Kier molecular flexibility index (Phi) is 27.2. The van der Waals surface area contributed by atoms with E-state index < -0.39 is 83.8 Å². The van der Waals surface area contributed by atoms with Crippen molar-refractivity contribution in [3.05, 3.63) is 77.9 Å². The molecule has 15 atom stereocenters. The van der Waals surface area contributed by atoms with Crippen LogP contribution >= 0.6 is 0 Å². The Labute approximate surface area is 482 Å². The minimum atomic E-state index is -2.46. The van der Waals surface area contributed by atoms with Crippen LogP contribution in [0, 0.1) is 47.9 Å². The van der Waals surface area contributed by atoms with Crippen molar-refractivity contribution in [3.8, 4) is 12.3 Å². The van der Waals surface area contributed by atoms with Gasteiger partial charge < -0.3 is 48.9 Å². The molecule has 3 heterocycles. The predicted molar refractivity (Wildman–Crippen MR) is 313 cm³/mol. The van der Waals surface area contributed by atoms with Crippen LogP contribution in [0.25, 0.3) is 0 Å². The van der Waals surface area contributed by atoms with Gasteiger partial charge in [0.1, 0.15) is 24.4 Å². The third-order valence-corrected chi connectivity index (χ3v) is 16.9. The number of methoxy groups -OCH3 is 3. The molecule has 0 aromatic heterocycles. The molecule has 3 fully saturated rings. The highest BCUT2D eigenvalue weighted by atomic mass is 16.6. The number of piperidine rings is 1. The van der Waals surface area contributed by atoms with Crippen molar-refractivity contribution in [2.24, 2.45) is 40.6 Å². The van der Waals surface area contributed by atoms with Crippen molar-refractivity contribution in [1.29, 1.82) is 0 Å². The number of anilines is 1. The van der Waals surface area contributed by atoms with Gasteiger partial charge in [0.05, 0.1) is 24.4 Å². The maximum absolute atomic E-state index is 15.0. The summed E-state index contributed by atoms with van der Waals surface area (Å²) in [5.41, 5.74) is 4.85. The number of para-hydroxylation sites is 1. The van der Waals surface area contributed by atoms with E-state index in [9.17, 15) is 34.2 Å². The molecule has 448 valence electrons. The van der Waals surface area contributed by atoms with Crippen molar-refractivity contribution < 1.29 is 62.6 Å². The summed E-state index contributed by atoms with van der Waals surface area (Å²) in [7, 11) is 4.67. The van der Waals surface area contributed by atoms with Crippen LogP contribution in [0.15, 0.2) is 83.0 Å². The molecule has 1 aromatic rings. The Hall–Kier alpha value is -5.32. The molecule has 2 saturated heterocycles. The fraction of sp³-hybridized carbons (Fsp3) is 0.656. The number of hydrogen-bond acceptors (Lipinski definition) is 14. The SMILES string of the molecule is C#CCCCCO[C@@H]1CC[C@@H](C[C@@H](C)[C@@H]2C/C(=N/NC(=O)Nc3ccccc3)[C@H](C)/C=C(\C)[C@@H](O)[C@@H](OC)C(=O)[C@H](C)C[C@H](C)/C=C/C=C/C=C(\C)[C@@H](OC)C[C@@H]3CC[C@@H](C)[C@@](O)(O3)C(=O)C(=O)N3CCCC[C@H]3C(=O)O2)C[C@H]1OC. The Bertz CT molecular complexity index is 2420. The first-order chi connectivity index (χ1) is 38.7. The molecule has 4 aliphatic rings. The number of cyclic esters (lactones) is 1. The summed E-state index contributed by atoms with van der Waals surface area (Å²) in [5, 5.41) is 31.5. The van der Waals surface area contributed by atoms with Gasteiger partial charge in [-0.3, -0.25) is 14.4 Å². The number of rotatable bonds is 13. The van der Waals surface area contributed by atoms with Gasteiger partial charge in [-0.15, -0.1) is 12.3 Å². The van der Waals surface area contributed by atoms with Crippen molar-refractivity contribution in [3.63, 3.8) is 0 Å². The summed E-state index contributed by atoms with van der Waals surface area (Å²) < 4.78 is 36.8. The highest BCUT2D eigenvalue weighted by Crippen LogP contribution is 2.38. The standard InChI is InChI=1S/C64H94N4O13/c1-12-13-14-23-34-79-53-32-30-48(38-56(53)77-10)37-44(5)55-40-51(66-67-63(74)65-49-26-19-16-20-27-49)43(4)36-46(7)58(70)59(78-11)57(69)45(6)35-41(2)24-17-15-18-25-42(3)54(76-9)39-50-31-29-47(8)64(75,81-50)60(71)61(72)68-33-22-21-28-52(68)62(73)80-55/h1,15-20,24-27,36,41,43-45,47-48,50,52-56,58-59,70,75H,13-14,21-23,28-35,37-40H2,2-11H3,(H2,65,67,74)/b18-15+,24-17+,42-25+,46-36+,66-51-/t41-,43-,44-,45-,47-,48+,50+,52+,53-,54+,55+,56-,58-,59+,64-/m1/s1. The number of unbranched alkanes of at least 4 members (excludes halogenated alkanes) is 2. The molecule has 0 radical (unpaired) electrons. The van der Waals surface area contributed by atoms with Crippen LogP contribution in [-0.4, -0.2) is 139 Å². The number of carbonyl (C=O) groups is 5. The van der Waals surface area contributed by atoms with Crippen molar-refractivity contribution in [2.75, 3.05) is 39.8 Å². The Balaban J connectivity index is 1.56. The number of ether oxygens (including phenoxy) is 6. The maximum atomic E-state index is 15.0. The fourth-order valence-corrected chi connectivity index (χ4v) is 11.8. The number of ketones is 2. The van der Waals surface area contributed by atoms with Gasteiger partial charge in [-0.1, -0.05) is 89.3 Å². The van der Waals surface area contributed by atoms with Gasteiger partial charge in [0.15, 0.2) is 5.78 Å². The van der Waals surface area contributed by atoms with E-state index in [0.29, 0.717) is 81.4 Å². The molecule has 0 spiro atoms. The van der Waals surface area contributed by atoms with Crippen LogP contribution in [-0.2, 0) is 47.6 Å². The monoisotopic (exact) mass is 1130 g/mol. The van der Waals surface area contributed by atoms with E-state index in [0.717, 1.165) is 31.3 Å². The molecular formula is C64H94N4O13. The van der Waals surface area contributed by atoms with Gasteiger partial charge in [-0.05, 0) is 132 Å². The number of fused-ring (bicyclic) bond motifs is 3. The van der Waals surface area contributed by atoms with E-state index in [1.165, 1.54) is 12.0 Å². The minimum absolute atomic E-state index is 0.00310. The second-order valence-electron chi connectivity index (χ2n) is 23.2. The quantitative estimate of drug-likeness (QED) is 0.0361. The average molecular weight is 1130 g/mol. The number of aliphatic hydroxyl groups excluding tert-OH is 1. The summed E-state index contributed by atoms with van der Waals surface area (Å²) in [6.07, 6.45) is 20.4. The lowest BCUT2D eigenvalue weighted by molar-refractivity contribution is -0.265. The first-order valence-corrected chi connectivity index (χ1v) is 29.4. The highest BCUT2D eigenvalue weighted by Gasteiger charge is 2.53. The van der Waals surface area contributed by atoms with E-state index in [1.807, 2.05) is 71.1 Å². The molecule has 81 heavy (non-hydrogen) atoms. The topological polar surface area (TPSA) is 221 Å². The highest BCUT2D eigenvalue weighted by molar-refractivity contribution is 6.39. The largest absolute Gasteiger partial charge is 0.460 e. The Morgan fingerprint density at radius 3 is 2.36 bits per heavy atom. The van der Waals surface area contributed by atoms with Gasteiger partial charge in [0.2, 0.25) is 5.79 Å². The van der Waals surface area contributed by atoms with Crippen molar-refractivity contribution in [1.82, 2.24) is 10.3 Å². The summed E-state index contributed by atoms with van der Waals surface area (Å²) >= 11 is 0. The van der Waals surface area contributed by atoms with E-state index >= 15 is 0 Å². The van der Waals surface area contributed by atoms with E-state index in [4.69, 9.17) is 34.8 Å². The van der Waals surface area contributed by atoms with Crippen LogP contribution in [0.1, 0.15) is 145 Å². The number of esters is 1. The predicted octanol–water partition coefficient (Wildman–Crippen LogP) is 9.62. The lowest BCUT2D eigenvalue weighted by atomic mass is 9.78. The summed E-state index contributed by atoms with van der Waals surface area (Å²) in [5.74, 6) is -4.96. The molecule has 3 amide bonds. The average Bonchev–Trinajstić information content (AvgIpc) is 3.50. The number of urea groups is 1. The summed E-state index contributed by atoms with van der Waals surface area (Å²) in [6, 6.07) is 7.07. The Morgan fingerprint density at radius 2 is 1.65 bits per heavy atom. The fourth-order valence-electron chi connectivity index (χ4n) is 11.8. The van der Waals surface area contributed by atoms with Crippen LogP contribution in [0.3, 0.4) is 0 Å². The molecule has 0 unspecified atom stereocenters. The van der Waals surface area contributed by atoms with Crippen molar-refractivity contribution >= 4 is 40.9 Å². The molecular weight excluding hydrogens is 1030 g/mol. The first-order valence-electron chi connectivity index (χ1n) is 29.4. The summed E-state index contributed by atoms with van der Waals surface area (Å²) in [6.45, 7) is 13.6. The number of benzene rings is 1. The molecule has 5 rings (SSSR count). The number of nitrogens with one attached hydrogen (secondary N) is 2. The number of hydrogen-bond donors (Lipinski definition) is 4. The van der Waals surface area contributed by atoms with Gasteiger partial charge in [-0.2, -0.15) is 5.10 Å². The zero-order chi connectivity index (χ0) is 59.2. The van der Waals surface area contributed by atoms with E-state index in [1.54, 1.807) is 58.4 Å². The number of hydrazone groups is 1. The van der Waals surface area contributed by atoms with Gasteiger partial charge in [-0.25, -0.2) is 15.0 Å². The number of aliphatic hydroxyl groups is 2. The third kappa shape index (κ3) is 19.4. The first kappa shape index (κ1) is 66.5. The lowest BCUT2D eigenvalue weighted by Gasteiger charge is -2.42. The number of carbonyl (C=O) groups excluding carboxylic acids is 5. The minimum Gasteiger partial charge on any atom is -0.460 e. The number of nitrogens with zero attached hydrogens (tertiary/aromatic N) is 2. The van der Waals surface area contributed by atoms with E-state index in [-0.39, 0.29) is 55.1 Å². The van der Waals surface area contributed by atoms with Crippen LogP contribution < -0.4 is 10.7 Å². The van der Waals surface area contributed by atoms with Crippen LogP contribution in [0.5, 0.6) is 0 Å². The number of terminal acetylenes is 1. The lowest BCUT2D eigenvalue weighted by Crippen LogP contribution is -2.61. The zero-order valence-electron chi connectivity index (χ0n) is 49.8. The zero-order valence-corrected chi connectivity index (χ0v) is 49.8. The van der Waals surface area contributed by atoms with Gasteiger partial charge in [0, 0.05) is 82.9 Å². The molecule has 17 nitrogen and oxygen atoms in total. The maximum Gasteiger partial charge on any atom is 0.339 e. The smallest absolute Gasteiger partial charge is 0.339 e. The third-order valence-electron chi connectivity index (χ3n) is 16.9. The van der Waals surface area contributed by atoms with Gasteiger partial charge >= 0.3 is 12.0 Å². The van der Waals surface area contributed by atoms with Gasteiger partial charge in [0.25, 0.3) is 11.7 Å².